The molecule has 0 atom stereocenters. The van der Waals surface area contributed by atoms with Crippen LogP contribution in [0.1, 0.15) is 5.56 Å². The minimum absolute atomic E-state index is 0.0764. The average molecular weight is 228 g/mol. The number of para-hydroxylation sites is 1. The molecule has 0 fully saturated rings. The van der Waals surface area contributed by atoms with Crippen molar-refractivity contribution in [3.05, 3.63) is 23.8 Å². The summed E-state index contributed by atoms with van der Waals surface area (Å²) in [6.45, 7) is 0. The van der Waals surface area contributed by atoms with Crippen molar-refractivity contribution in [3.63, 3.8) is 0 Å². The van der Waals surface area contributed by atoms with Crippen LogP contribution < -0.4 is 14.7 Å². The average Bonchev–Trinajstić information content (AvgIpc) is 2.15. The Morgan fingerprint density at radius 3 is 2.87 bits per heavy atom. The topological polar surface area (TPSA) is 91.0 Å². The Labute approximate surface area is 86.6 Å². The summed E-state index contributed by atoms with van der Waals surface area (Å²) in [6, 6.07) is 4.85. The molecule has 2 rings (SSSR count). The van der Waals surface area contributed by atoms with Crippen LogP contribution in [0.15, 0.2) is 22.6 Å². The van der Waals surface area contributed by atoms with Gasteiger partial charge in [0.05, 0.1) is 12.7 Å². The molecule has 1 heterocycles. The number of nitrogens with zero attached hydrogens (tertiary/aromatic N) is 1. The zero-order chi connectivity index (χ0) is 11.1. The van der Waals surface area contributed by atoms with Crippen molar-refractivity contribution < 1.29 is 17.3 Å². The first-order valence-electron chi connectivity index (χ1n) is 4.01. The number of amidine groups is 1. The third-order valence-corrected chi connectivity index (χ3v) is 2.67. The van der Waals surface area contributed by atoms with Crippen molar-refractivity contribution >= 4 is 16.1 Å². The highest BCUT2D eigenvalue weighted by Gasteiger charge is 2.26. The van der Waals surface area contributed by atoms with E-state index in [1.54, 1.807) is 18.2 Å². The third-order valence-electron chi connectivity index (χ3n) is 1.87. The summed E-state index contributed by atoms with van der Waals surface area (Å²) in [6.07, 6.45) is 0. The van der Waals surface area contributed by atoms with Crippen LogP contribution in [0, 0.1) is 0 Å². The second-order valence-electron chi connectivity index (χ2n) is 2.82. The van der Waals surface area contributed by atoms with E-state index in [9.17, 15) is 8.42 Å². The molecule has 1 aliphatic rings. The highest BCUT2D eigenvalue weighted by molar-refractivity contribution is 7.86. The fourth-order valence-corrected chi connectivity index (χ4v) is 2.02. The molecular formula is C8H8N2O4S. The fourth-order valence-electron chi connectivity index (χ4n) is 1.26. The van der Waals surface area contributed by atoms with E-state index >= 15 is 0 Å². The summed E-state index contributed by atoms with van der Waals surface area (Å²) in [5, 5.41) is 0. The Hall–Kier alpha value is -1.76. The fraction of sp³-hybridized carbons (Fsp3) is 0.125. The molecule has 1 aliphatic heterocycles. The standard InChI is InChI=1S/C8H8N2O4S/c1-13-6-4-2-3-5-7(6)14-15(11,12)10-8(5)9/h2-4H,1H3,(H2,9,10). The Balaban J connectivity index is 2.70. The minimum atomic E-state index is -3.99. The smallest absolute Gasteiger partial charge is 0.430 e. The molecule has 0 saturated carbocycles. The van der Waals surface area contributed by atoms with E-state index in [1.165, 1.54) is 7.11 Å². The van der Waals surface area contributed by atoms with E-state index < -0.39 is 10.3 Å². The van der Waals surface area contributed by atoms with Gasteiger partial charge in [0.25, 0.3) is 0 Å². The molecule has 2 N–H and O–H groups in total. The molecule has 1 aromatic carbocycles. The van der Waals surface area contributed by atoms with Crippen LogP contribution in [0.2, 0.25) is 0 Å². The molecule has 1 aromatic rings. The summed E-state index contributed by atoms with van der Waals surface area (Å²) in [4.78, 5) is 0. The van der Waals surface area contributed by atoms with Gasteiger partial charge in [0, 0.05) is 0 Å². The zero-order valence-electron chi connectivity index (χ0n) is 7.80. The van der Waals surface area contributed by atoms with Gasteiger partial charge in [-0.1, -0.05) is 6.07 Å². The molecule has 0 saturated heterocycles. The van der Waals surface area contributed by atoms with Crippen molar-refractivity contribution in [2.45, 2.75) is 0 Å². The van der Waals surface area contributed by atoms with Gasteiger partial charge >= 0.3 is 10.3 Å². The third kappa shape index (κ3) is 1.61. The number of fused-ring (bicyclic) bond motifs is 1. The molecule has 6 nitrogen and oxygen atoms in total. The summed E-state index contributed by atoms with van der Waals surface area (Å²) in [7, 11) is -2.58. The summed E-state index contributed by atoms with van der Waals surface area (Å²) < 4.78 is 35.2. The molecular weight excluding hydrogens is 220 g/mol. The van der Waals surface area contributed by atoms with E-state index in [4.69, 9.17) is 14.7 Å². The van der Waals surface area contributed by atoms with Crippen LogP contribution in [0.3, 0.4) is 0 Å². The lowest BCUT2D eigenvalue weighted by atomic mass is 10.2. The van der Waals surface area contributed by atoms with E-state index in [-0.39, 0.29) is 11.6 Å². The lowest BCUT2D eigenvalue weighted by Gasteiger charge is -2.16. The molecule has 0 aliphatic carbocycles. The van der Waals surface area contributed by atoms with Gasteiger partial charge in [-0.15, -0.1) is 4.40 Å². The molecule has 0 amide bonds. The molecule has 15 heavy (non-hydrogen) atoms. The highest BCUT2D eigenvalue weighted by atomic mass is 32.2. The number of nitrogens with two attached hydrogens (primary N) is 1. The largest absolute Gasteiger partial charge is 0.493 e. The maximum atomic E-state index is 11.1. The van der Waals surface area contributed by atoms with Crippen molar-refractivity contribution in [1.82, 2.24) is 0 Å². The SMILES string of the molecule is COc1cccc2c1OS(=O)(=O)N=C2N. The van der Waals surface area contributed by atoms with E-state index in [0.717, 1.165) is 0 Å². The molecule has 0 bridgehead atoms. The summed E-state index contributed by atoms with van der Waals surface area (Å²) >= 11 is 0. The molecule has 0 unspecified atom stereocenters. The minimum Gasteiger partial charge on any atom is -0.493 e. The predicted molar refractivity (Wildman–Crippen MR) is 53.3 cm³/mol. The van der Waals surface area contributed by atoms with Crippen LogP contribution in [0.5, 0.6) is 11.5 Å². The van der Waals surface area contributed by atoms with Gasteiger partial charge in [0.15, 0.2) is 17.3 Å². The summed E-state index contributed by atoms with van der Waals surface area (Å²) in [5.41, 5.74) is 5.89. The number of hydrogen-bond donors (Lipinski definition) is 1. The van der Waals surface area contributed by atoms with Gasteiger partial charge < -0.3 is 14.7 Å². The quantitative estimate of drug-likeness (QED) is 0.732. The number of methoxy groups -OCH3 is 1. The monoisotopic (exact) mass is 228 g/mol. The predicted octanol–water partition coefficient (Wildman–Crippen LogP) is 0.0377. The molecule has 7 heteroatoms. The number of hydrogen-bond acceptors (Lipinski definition) is 5. The van der Waals surface area contributed by atoms with Gasteiger partial charge in [-0.05, 0) is 12.1 Å². The molecule has 0 radical (unpaired) electrons. The van der Waals surface area contributed by atoms with Crippen molar-refractivity contribution in [1.29, 1.82) is 0 Å². The van der Waals surface area contributed by atoms with Crippen LogP contribution in [0.4, 0.5) is 0 Å². The zero-order valence-corrected chi connectivity index (χ0v) is 8.61. The van der Waals surface area contributed by atoms with Crippen LogP contribution in [-0.2, 0) is 10.3 Å². The van der Waals surface area contributed by atoms with Gasteiger partial charge in [-0.25, -0.2) is 0 Å². The van der Waals surface area contributed by atoms with Crippen molar-refractivity contribution in [3.8, 4) is 11.5 Å². The first-order valence-corrected chi connectivity index (χ1v) is 5.37. The molecule has 0 aromatic heterocycles. The molecule has 0 spiro atoms. The first kappa shape index (κ1) is 9.78. The van der Waals surface area contributed by atoms with E-state index in [0.29, 0.717) is 11.3 Å². The number of ether oxygens (including phenoxy) is 1. The van der Waals surface area contributed by atoms with Gasteiger partial charge in [-0.3, -0.25) is 0 Å². The second-order valence-corrected chi connectivity index (χ2v) is 4.03. The Morgan fingerprint density at radius 1 is 1.47 bits per heavy atom. The van der Waals surface area contributed by atoms with Gasteiger partial charge in [0.1, 0.15) is 0 Å². The Morgan fingerprint density at radius 2 is 2.20 bits per heavy atom. The summed E-state index contributed by atoms with van der Waals surface area (Å²) in [5.74, 6) is 0.275. The highest BCUT2D eigenvalue weighted by Crippen LogP contribution is 2.34. The van der Waals surface area contributed by atoms with Gasteiger partial charge in [0.2, 0.25) is 0 Å². The van der Waals surface area contributed by atoms with Crippen molar-refractivity contribution in [2.24, 2.45) is 10.1 Å². The van der Waals surface area contributed by atoms with Crippen molar-refractivity contribution in [2.75, 3.05) is 7.11 Å². The Kier molecular flexibility index (Phi) is 2.04. The normalized spacial score (nSPS) is 17.3. The second kappa shape index (κ2) is 3.13. The van der Waals surface area contributed by atoms with E-state index in [2.05, 4.69) is 4.40 Å². The number of benzene rings is 1. The van der Waals surface area contributed by atoms with Crippen LogP contribution >= 0.6 is 0 Å². The first-order chi connectivity index (χ1) is 7.03. The van der Waals surface area contributed by atoms with Gasteiger partial charge in [-0.2, -0.15) is 8.42 Å². The molecule has 80 valence electrons. The van der Waals surface area contributed by atoms with Crippen LogP contribution in [0.25, 0.3) is 0 Å². The maximum Gasteiger partial charge on any atom is 0.430 e. The number of rotatable bonds is 1. The lowest BCUT2D eigenvalue weighted by Crippen LogP contribution is -2.24. The Bertz CT molecular complexity index is 536. The van der Waals surface area contributed by atoms with Crippen LogP contribution in [-0.4, -0.2) is 21.4 Å². The maximum absolute atomic E-state index is 11.1. The lowest BCUT2D eigenvalue weighted by molar-refractivity contribution is 0.389. The van der Waals surface area contributed by atoms with E-state index in [1.807, 2.05) is 0 Å².